The largest absolute Gasteiger partial charge is 0.393 e. The van der Waals surface area contributed by atoms with Crippen molar-refractivity contribution in [1.29, 1.82) is 0 Å². The maximum absolute atomic E-state index is 13.6. The molecule has 20 heavy (non-hydrogen) atoms. The third kappa shape index (κ3) is 3.98. The molecule has 1 heterocycles. The van der Waals surface area contributed by atoms with Crippen LogP contribution in [0.15, 0.2) is 18.2 Å². The lowest BCUT2D eigenvalue weighted by Crippen LogP contribution is -2.51. The molecule has 0 radical (unpaired) electrons. The van der Waals surface area contributed by atoms with Crippen molar-refractivity contribution in [3.05, 3.63) is 35.4 Å². The summed E-state index contributed by atoms with van der Waals surface area (Å²) >= 11 is 0. The van der Waals surface area contributed by atoms with Gasteiger partial charge in [0.25, 0.3) is 0 Å². The Bertz CT molecular complexity index is 455. The van der Waals surface area contributed by atoms with Crippen LogP contribution in [0.5, 0.6) is 0 Å². The third-order valence-corrected chi connectivity index (χ3v) is 3.99. The van der Waals surface area contributed by atoms with Crippen molar-refractivity contribution in [3.63, 3.8) is 0 Å². The molecular formula is C15H22F2N2O. The number of benzene rings is 1. The Morgan fingerprint density at radius 1 is 1.30 bits per heavy atom. The Balaban J connectivity index is 1.93. The Morgan fingerprint density at radius 3 is 2.75 bits per heavy atom. The molecule has 2 atom stereocenters. The summed E-state index contributed by atoms with van der Waals surface area (Å²) in [7, 11) is 4.11. The van der Waals surface area contributed by atoms with Crippen LogP contribution >= 0.6 is 0 Å². The second kappa shape index (κ2) is 6.61. The average molecular weight is 284 g/mol. The number of rotatable bonds is 4. The van der Waals surface area contributed by atoms with Crippen molar-refractivity contribution in [2.24, 2.45) is 0 Å². The van der Waals surface area contributed by atoms with Crippen LogP contribution in [0.2, 0.25) is 0 Å². The number of hydrogen-bond acceptors (Lipinski definition) is 3. The number of piperazine rings is 1. The quantitative estimate of drug-likeness (QED) is 0.908. The van der Waals surface area contributed by atoms with E-state index in [1.54, 1.807) is 0 Å². The average Bonchev–Trinajstić information content (AvgIpc) is 2.37. The number of nitrogens with zero attached hydrogens (tertiary/aromatic N) is 2. The molecule has 1 N–H and O–H groups in total. The fraction of sp³-hybridized carbons (Fsp3) is 0.600. The monoisotopic (exact) mass is 284 g/mol. The normalized spacial score (nSPS) is 22.9. The summed E-state index contributed by atoms with van der Waals surface area (Å²) in [6.07, 6.45) is 0.201. The molecule has 0 aromatic heterocycles. The molecule has 3 nitrogen and oxygen atoms in total. The van der Waals surface area contributed by atoms with E-state index in [4.69, 9.17) is 0 Å². The second-order valence-electron chi connectivity index (χ2n) is 5.73. The van der Waals surface area contributed by atoms with Gasteiger partial charge in [-0.2, -0.15) is 0 Å². The maximum atomic E-state index is 13.6. The van der Waals surface area contributed by atoms with Crippen molar-refractivity contribution < 1.29 is 13.9 Å². The van der Waals surface area contributed by atoms with Crippen LogP contribution in [0.1, 0.15) is 12.0 Å². The number of aliphatic hydroxyl groups is 1. The van der Waals surface area contributed by atoms with E-state index in [2.05, 4.69) is 16.8 Å². The molecule has 1 saturated heterocycles. The topological polar surface area (TPSA) is 26.7 Å². The lowest BCUT2D eigenvalue weighted by Gasteiger charge is -2.38. The minimum Gasteiger partial charge on any atom is -0.393 e. The molecule has 0 aliphatic carbocycles. The minimum absolute atomic E-state index is 0.222. The smallest absolute Gasteiger partial charge is 0.129 e. The molecule has 0 saturated carbocycles. The van der Waals surface area contributed by atoms with Crippen LogP contribution in [0.25, 0.3) is 0 Å². The molecule has 112 valence electrons. The fourth-order valence-corrected chi connectivity index (χ4v) is 2.69. The first kappa shape index (κ1) is 15.4. The van der Waals surface area contributed by atoms with Crippen molar-refractivity contribution in [2.45, 2.75) is 25.0 Å². The van der Waals surface area contributed by atoms with Gasteiger partial charge in [-0.05, 0) is 32.1 Å². The highest BCUT2D eigenvalue weighted by Gasteiger charge is 2.25. The van der Waals surface area contributed by atoms with Gasteiger partial charge >= 0.3 is 0 Å². The van der Waals surface area contributed by atoms with E-state index in [1.807, 2.05) is 7.05 Å². The van der Waals surface area contributed by atoms with Gasteiger partial charge in [0, 0.05) is 38.2 Å². The van der Waals surface area contributed by atoms with Gasteiger partial charge < -0.3 is 14.9 Å². The lowest BCUT2D eigenvalue weighted by atomic mass is 9.99. The molecule has 0 bridgehead atoms. The molecule has 0 spiro atoms. The zero-order chi connectivity index (χ0) is 14.7. The van der Waals surface area contributed by atoms with Gasteiger partial charge in [-0.3, -0.25) is 0 Å². The van der Waals surface area contributed by atoms with E-state index >= 15 is 0 Å². The molecule has 2 unspecified atom stereocenters. The summed E-state index contributed by atoms with van der Waals surface area (Å²) in [6.45, 7) is 2.90. The third-order valence-electron chi connectivity index (χ3n) is 3.99. The van der Waals surface area contributed by atoms with Gasteiger partial charge in [-0.25, -0.2) is 8.78 Å². The van der Waals surface area contributed by atoms with Gasteiger partial charge in [-0.1, -0.05) is 6.07 Å². The number of likely N-dealkylation sites (N-methyl/N-ethyl adjacent to an activating group) is 2. The fourth-order valence-electron chi connectivity index (χ4n) is 2.69. The highest BCUT2D eigenvalue weighted by molar-refractivity contribution is 5.19. The van der Waals surface area contributed by atoms with Gasteiger partial charge in [0.15, 0.2) is 0 Å². The second-order valence-corrected chi connectivity index (χ2v) is 5.73. The first-order valence-corrected chi connectivity index (χ1v) is 6.96. The summed E-state index contributed by atoms with van der Waals surface area (Å²) in [6, 6.07) is 3.77. The zero-order valence-electron chi connectivity index (χ0n) is 12.0. The SMILES string of the molecule is CN1CCN(C)C(CC(O)Cc2ccc(F)cc2F)C1. The van der Waals surface area contributed by atoms with Gasteiger partial charge in [-0.15, -0.1) is 0 Å². The minimum atomic E-state index is -0.617. The van der Waals surface area contributed by atoms with Crippen molar-refractivity contribution in [3.8, 4) is 0 Å². The van der Waals surface area contributed by atoms with E-state index in [-0.39, 0.29) is 12.5 Å². The summed E-state index contributed by atoms with van der Waals surface area (Å²) < 4.78 is 26.4. The molecule has 1 aromatic carbocycles. The Labute approximate surface area is 118 Å². The summed E-state index contributed by atoms with van der Waals surface area (Å²) in [4.78, 5) is 4.46. The van der Waals surface area contributed by atoms with E-state index in [0.29, 0.717) is 12.0 Å². The Kier molecular flexibility index (Phi) is 5.07. The van der Waals surface area contributed by atoms with Gasteiger partial charge in [0.1, 0.15) is 11.6 Å². The Morgan fingerprint density at radius 2 is 2.05 bits per heavy atom. The van der Waals surface area contributed by atoms with Gasteiger partial charge in [0.2, 0.25) is 0 Å². The molecule has 1 aromatic rings. The standard InChI is InChI=1S/C15H22F2N2O/c1-18-5-6-19(2)13(10-18)9-14(20)7-11-3-4-12(16)8-15(11)17/h3-4,8,13-14,20H,5-7,9-10H2,1-2H3. The van der Waals surface area contributed by atoms with E-state index < -0.39 is 17.7 Å². The van der Waals surface area contributed by atoms with E-state index in [0.717, 1.165) is 25.7 Å². The summed E-state index contributed by atoms with van der Waals surface area (Å²) in [5.41, 5.74) is 0.366. The van der Waals surface area contributed by atoms with Crippen LogP contribution in [-0.2, 0) is 6.42 Å². The van der Waals surface area contributed by atoms with Gasteiger partial charge in [0.05, 0.1) is 6.10 Å². The van der Waals surface area contributed by atoms with Crippen LogP contribution in [0.4, 0.5) is 8.78 Å². The molecule has 0 amide bonds. The van der Waals surface area contributed by atoms with E-state index in [9.17, 15) is 13.9 Å². The Hall–Kier alpha value is -1.04. The molecular weight excluding hydrogens is 262 g/mol. The predicted octanol–water partition coefficient (Wildman–Crippen LogP) is 1.50. The number of aliphatic hydroxyl groups excluding tert-OH is 1. The van der Waals surface area contributed by atoms with Crippen molar-refractivity contribution in [1.82, 2.24) is 9.80 Å². The number of halogens is 2. The summed E-state index contributed by atoms with van der Waals surface area (Å²) in [5, 5.41) is 10.1. The van der Waals surface area contributed by atoms with Crippen LogP contribution in [0.3, 0.4) is 0 Å². The first-order chi connectivity index (χ1) is 9.45. The molecule has 5 heteroatoms. The molecule has 1 aliphatic rings. The van der Waals surface area contributed by atoms with Crippen LogP contribution in [0, 0.1) is 11.6 Å². The van der Waals surface area contributed by atoms with Crippen LogP contribution in [-0.4, -0.2) is 60.8 Å². The maximum Gasteiger partial charge on any atom is 0.129 e. The highest BCUT2D eigenvalue weighted by Crippen LogP contribution is 2.17. The molecule has 1 fully saturated rings. The van der Waals surface area contributed by atoms with Crippen molar-refractivity contribution >= 4 is 0 Å². The predicted molar refractivity (Wildman–Crippen MR) is 74.6 cm³/mol. The zero-order valence-corrected chi connectivity index (χ0v) is 12.0. The number of hydrogen-bond donors (Lipinski definition) is 1. The lowest BCUT2D eigenvalue weighted by molar-refractivity contribution is 0.0636. The highest BCUT2D eigenvalue weighted by atomic mass is 19.1. The van der Waals surface area contributed by atoms with Crippen molar-refractivity contribution in [2.75, 3.05) is 33.7 Å². The molecule has 2 rings (SSSR count). The van der Waals surface area contributed by atoms with Crippen LogP contribution < -0.4 is 0 Å². The first-order valence-electron chi connectivity index (χ1n) is 6.96. The summed E-state index contributed by atoms with van der Waals surface area (Å²) in [5.74, 6) is -1.17. The van der Waals surface area contributed by atoms with E-state index in [1.165, 1.54) is 12.1 Å². The molecule has 1 aliphatic heterocycles.